The largest absolute Gasteiger partial charge is 0.477 e. The fourth-order valence-electron chi connectivity index (χ4n) is 1.45. The molecular formula is C14H11FN2O. The number of halogens is 1. The van der Waals surface area contributed by atoms with Crippen LogP contribution in [-0.2, 0) is 0 Å². The van der Waals surface area contributed by atoms with Crippen LogP contribution in [-0.4, -0.2) is 16.6 Å². The van der Waals surface area contributed by atoms with E-state index in [0.29, 0.717) is 30.2 Å². The van der Waals surface area contributed by atoms with E-state index in [1.807, 2.05) is 0 Å². The Kier molecular flexibility index (Phi) is 3.87. The molecule has 90 valence electrons. The SMILES string of the molecule is C#CCCOc1cc(-c2ccccc2F)ncn1. The molecule has 0 saturated carbocycles. The van der Waals surface area contributed by atoms with E-state index in [9.17, 15) is 4.39 Å². The van der Waals surface area contributed by atoms with Gasteiger partial charge in [0, 0.05) is 18.1 Å². The smallest absolute Gasteiger partial charge is 0.216 e. The van der Waals surface area contributed by atoms with Gasteiger partial charge in [-0.15, -0.1) is 12.3 Å². The van der Waals surface area contributed by atoms with Crippen molar-refractivity contribution in [3.63, 3.8) is 0 Å². The highest BCUT2D eigenvalue weighted by Crippen LogP contribution is 2.22. The first-order valence-electron chi connectivity index (χ1n) is 5.44. The first-order valence-corrected chi connectivity index (χ1v) is 5.44. The van der Waals surface area contributed by atoms with Gasteiger partial charge in [0.2, 0.25) is 5.88 Å². The van der Waals surface area contributed by atoms with Gasteiger partial charge in [0.25, 0.3) is 0 Å². The number of ether oxygens (including phenoxy) is 1. The molecule has 0 radical (unpaired) electrons. The molecule has 18 heavy (non-hydrogen) atoms. The summed E-state index contributed by atoms with van der Waals surface area (Å²) < 4.78 is 18.9. The zero-order valence-corrected chi connectivity index (χ0v) is 9.64. The van der Waals surface area contributed by atoms with Crippen LogP contribution < -0.4 is 4.74 Å². The maximum Gasteiger partial charge on any atom is 0.216 e. The van der Waals surface area contributed by atoms with Crippen LogP contribution in [0.1, 0.15) is 6.42 Å². The van der Waals surface area contributed by atoms with Crippen LogP contribution in [0.5, 0.6) is 5.88 Å². The molecule has 0 atom stereocenters. The minimum atomic E-state index is -0.328. The molecule has 3 nitrogen and oxygen atoms in total. The quantitative estimate of drug-likeness (QED) is 0.610. The van der Waals surface area contributed by atoms with Gasteiger partial charge in [-0.3, -0.25) is 0 Å². The lowest BCUT2D eigenvalue weighted by atomic mass is 10.1. The summed E-state index contributed by atoms with van der Waals surface area (Å²) in [6.07, 6.45) is 6.96. The summed E-state index contributed by atoms with van der Waals surface area (Å²) in [6.45, 7) is 0.379. The normalized spacial score (nSPS) is 9.78. The van der Waals surface area contributed by atoms with Gasteiger partial charge in [-0.25, -0.2) is 14.4 Å². The third-order valence-electron chi connectivity index (χ3n) is 2.29. The Balaban J connectivity index is 2.22. The van der Waals surface area contributed by atoms with E-state index in [1.165, 1.54) is 12.4 Å². The van der Waals surface area contributed by atoms with Gasteiger partial charge >= 0.3 is 0 Å². The van der Waals surface area contributed by atoms with Gasteiger partial charge in [-0.2, -0.15) is 0 Å². The number of terminal acetylenes is 1. The van der Waals surface area contributed by atoms with E-state index in [2.05, 4.69) is 15.9 Å². The fraction of sp³-hybridized carbons (Fsp3) is 0.143. The van der Waals surface area contributed by atoms with Crippen molar-refractivity contribution in [2.75, 3.05) is 6.61 Å². The average Bonchev–Trinajstić information content (AvgIpc) is 2.40. The van der Waals surface area contributed by atoms with Gasteiger partial charge in [0.15, 0.2) is 0 Å². The Morgan fingerprint density at radius 2 is 2.11 bits per heavy atom. The third-order valence-corrected chi connectivity index (χ3v) is 2.29. The van der Waals surface area contributed by atoms with Crippen LogP contribution in [0.2, 0.25) is 0 Å². The van der Waals surface area contributed by atoms with Crippen LogP contribution in [0.15, 0.2) is 36.7 Å². The van der Waals surface area contributed by atoms with Crippen LogP contribution in [0, 0.1) is 18.2 Å². The van der Waals surface area contributed by atoms with Crippen LogP contribution >= 0.6 is 0 Å². The van der Waals surface area contributed by atoms with Crippen molar-refractivity contribution < 1.29 is 9.13 Å². The Morgan fingerprint density at radius 3 is 2.89 bits per heavy atom. The van der Waals surface area contributed by atoms with E-state index >= 15 is 0 Å². The summed E-state index contributed by atoms with van der Waals surface area (Å²) in [5.41, 5.74) is 0.903. The van der Waals surface area contributed by atoms with Gasteiger partial charge in [-0.1, -0.05) is 12.1 Å². The van der Waals surface area contributed by atoms with Crippen LogP contribution in [0.3, 0.4) is 0 Å². The van der Waals surface area contributed by atoms with Crippen molar-refractivity contribution in [2.24, 2.45) is 0 Å². The van der Waals surface area contributed by atoms with Crippen molar-refractivity contribution in [2.45, 2.75) is 6.42 Å². The highest BCUT2D eigenvalue weighted by molar-refractivity contribution is 5.60. The topological polar surface area (TPSA) is 35.0 Å². The van der Waals surface area contributed by atoms with E-state index in [-0.39, 0.29) is 5.82 Å². The monoisotopic (exact) mass is 242 g/mol. The number of aromatic nitrogens is 2. The van der Waals surface area contributed by atoms with E-state index in [1.54, 1.807) is 24.3 Å². The summed E-state index contributed by atoms with van der Waals surface area (Å²) in [5.74, 6) is 2.52. The highest BCUT2D eigenvalue weighted by atomic mass is 19.1. The summed E-state index contributed by atoms with van der Waals surface area (Å²) in [5, 5.41) is 0. The molecule has 0 saturated heterocycles. The molecule has 2 aromatic rings. The highest BCUT2D eigenvalue weighted by Gasteiger charge is 2.07. The molecular weight excluding hydrogens is 231 g/mol. The van der Waals surface area contributed by atoms with Crippen molar-refractivity contribution in [3.8, 4) is 29.5 Å². The molecule has 0 amide bonds. The van der Waals surface area contributed by atoms with E-state index in [4.69, 9.17) is 11.2 Å². The first-order chi connectivity index (χ1) is 8.81. The number of hydrogen-bond acceptors (Lipinski definition) is 3. The molecule has 2 rings (SSSR count). The van der Waals surface area contributed by atoms with E-state index < -0.39 is 0 Å². The van der Waals surface area contributed by atoms with Crippen molar-refractivity contribution in [1.29, 1.82) is 0 Å². The molecule has 0 spiro atoms. The lowest BCUT2D eigenvalue weighted by molar-refractivity contribution is 0.314. The maximum absolute atomic E-state index is 13.6. The van der Waals surface area contributed by atoms with Gasteiger partial charge in [-0.05, 0) is 12.1 Å². The zero-order chi connectivity index (χ0) is 12.8. The van der Waals surface area contributed by atoms with Crippen molar-refractivity contribution >= 4 is 0 Å². The molecule has 0 N–H and O–H groups in total. The maximum atomic E-state index is 13.6. The second-order valence-electron chi connectivity index (χ2n) is 3.52. The Bertz CT molecular complexity index is 578. The third kappa shape index (κ3) is 2.83. The average molecular weight is 242 g/mol. The Hall–Kier alpha value is -2.41. The predicted octanol–water partition coefficient (Wildman–Crippen LogP) is 2.68. The molecule has 1 aromatic carbocycles. The van der Waals surface area contributed by atoms with Gasteiger partial charge in [0.05, 0.1) is 5.69 Å². The van der Waals surface area contributed by atoms with E-state index in [0.717, 1.165) is 0 Å². The summed E-state index contributed by atoms with van der Waals surface area (Å²) in [4.78, 5) is 7.97. The predicted molar refractivity (Wildman–Crippen MR) is 66.4 cm³/mol. The minimum Gasteiger partial charge on any atom is -0.477 e. The van der Waals surface area contributed by atoms with Crippen LogP contribution in [0.25, 0.3) is 11.3 Å². The van der Waals surface area contributed by atoms with Crippen molar-refractivity contribution in [1.82, 2.24) is 9.97 Å². The first kappa shape index (κ1) is 12.1. The van der Waals surface area contributed by atoms with Gasteiger partial charge < -0.3 is 4.74 Å². The van der Waals surface area contributed by atoms with Crippen molar-refractivity contribution in [3.05, 3.63) is 42.5 Å². The second-order valence-corrected chi connectivity index (χ2v) is 3.52. The number of nitrogens with zero attached hydrogens (tertiary/aromatic N) is 2. The second kappa shape index (κ2) is 5.78. The number of rotatable bonds is 4. The molecule has 1 aromatic heterocycles. The Morgan fingerprint density at radius 1 is 1.28 bits per heavy atom. The van der Waals surface area contributed by atoms with Crippen LogP contribution in [0.4, 0.5) is 4.39 Å². The summed E-state index contributed by atoms with van der Waals surface area (Å²) >= 11 is 0. The lowest BCUT2D eigenvalue weighted by Gasteiger charge is -2.05. The molecule has 0 bridgehead atoms. The zero-order valence-electron chi connectivity index (χ0n) is 9.64. The number of benzene rings is 1. The number of hydrogen-bond donors (Lipinski definition) is 0. The molecule has 1 heterocycles. The molecule has 0 fully saturated rings. The molecule has 0 aliphatic rings. The summed E-state index contributed by atoms with van der Waals surface area (Å²) in [7, 11) is 0. The molecule has 0 aliphatic carbocycles. The fourth-order valence-corrected chi connectivity index (χ4v) is 1.45. The minimum absolute atomic E-state index is 0.328. The Labute approximate surface area is 105 Å². The molecule has 4 heteroatoms. The lowest BCUT2D eigenvalue weighted by Crippen LogP contribution is -1.99. The van der Waals surface area contributed by atoms with Gasteiger partial charge in [0.1, 0.15) is 18.8 Å². The molecule has 0 aliphatic heterocycles. The molecule has 0 unspecified atom stereocenters. The standard InChI is InChI=1S/C14H11FN2O/c1-2-3-8-18-14-9-13(16-10-17-14)11-6-4-5-7-12(11)15/h1,4-7,9-10H,3,8H2. The summed E-state index contributed by atoms with van der Waals surface area (Å²) in [6, 6.07) is 8.01.